The summed E-state index contributed by atoms with van der Waals surface area (Å²) in [5.74, 6) is 1.83. The first kappa shape index (κ1) is 18.3. The Bertz CT molecular complexity index is 844. The standard InChI is InChI=1S/C24H28N4O/c1-5-21(27-15-11-25-12-16-27)6-2-19(1)23-9-10-24(29-23)20-3-7-22(8-4-20)28-17-13-26-14-18-28/h1-10,25-26H,11-18H2. The molecule has 5 nitrogen and oxygen atoms in total. The lowest BCUT2D eigenvalue weighted by atomic mass is 10.1. The van der Waals surface area contributed by atoms with E-state index in [-0.39, 0.29) is 0 Å². The van der Waals surface area contributed by atoms with Crippen LogP contribution in [0.1, 0.15) is 0 Å². The Hall–Kier alpha value is -2.76. The molecule has 0 aliphatic carbocycles. The number of hydrogen-bond donors (Lipinski definition) is 2. The molecule has 2 aliphatic heterocycles. The van der Waals surface area contributed by atoms with Crippen LogP contribution in [0, 0.1) is 0 Å². The molecule has 2 N–H and O–H groups in total. The Morgan fingerprint density at radius 1 is 0.517 bits per heavy atom. The molecule has 5 rings (SSSR count). The predicted molar refractivity (Wildman–Crippen MR) is 120 cm³/mol. The van der Waals surface area contributed by atoms with Crippen LogP contribution >= 0.6 is 0 Å². The molecule has 0 bridgehead atoms. The van der Waals surface area contributed by atoms with E-state index >= 15 is 0 Å². The summed E-state index contributed by atoms with van der Waals surface area (Å²) < 4.78 is 6.18. The molecule has 5 heteroatoms. The summed E-state index contributed by atoms with van der Waals surface area (Å²) in [5, 5.41) is 6.80. The van der Waals surface area contributed by atoms with Gasteiger partial charge in [-0.1, -0.05) is 0 Å². The SMILES string of the molecule is c1cc(N2CCNCC2)ccc1-c1ccc(-c2ccc(N3CCNCC3)cc2)o1. The number of nitrogens with zero attached hydrogens (tertiary/aromatic N) is 2. The number of benzene rings is 2. The lowest BCUT2D eigenvalue weighted by molar-refractivity contribution is 0.588. The third-order valence-corrected chi connectivity index (χ3v) is 5.87. The van der Waals surface area contributed by atoms with Gasteiger partial charge in [-0.2, -0.15) is 0 Å². The van der Waals surface area contributed by atoms with Crippen molar-refractivity contribution in [1.82, 2.24) is 10.6 Å². The summed E-state index contributed by atoms with van der Waals surface area (Å²) in [4.78, 5) is 4.85. The second-order valence-electron chi connectivity index (χ2n) is 7.73. The zero-order valence-corrected chi connectivity index (χ0v) is 16.7. The van der Waals surface area contributed by atoms with Crippen molar-refractivity contribution in [2.24, 2.45) is 0 Å². The van der Waals surface area contributed by atoms with E-state index in [2.05, 4.69) is 81.1 Å². The molecule has 2 fully saturated rings. The smallest absolute Gasteiger partial charge is 0.134 e. The van der Waals surface area contributed by atoms with Crippen molar-refractivity contribution in [2.45, 2.75) is 0 Å². The molecule has 0 unspecified atom stereocenters. The van der Waals surface area contributed by atoms with Gasteiger partial charge in [0.05, 0.1) is 0 Å². The Morgan fingerprint density at radius 3 is 1.28 bits per heavy atom. The maximum absolute atomic E-state index is 6.18. The summed E-state index contributed by atoms with van der Waals surface area (Å²) in [5.41, 5.74) is 4.80. The maximum Gasteiger partial charge on any atom is 0.134 e. The molecule has 0 saturated carbocycles. The summed E-state index contributed by atoms with van der Waals surface area (Å²) in [7, 11) is 0. The van der Waals surface area contributed by atoms with Crippen LogP contribution in [0.5, 0.6) is 0 Å². The molecule has 0 amide bonds. The maximum atomic E-state index is 6.18. The van der Waals surface area contributed by atoms with Gasteiger partial charge in [0.1, 0.15) is 11.5 Å². The minimum Gasteiger partial charge on any atom is -0.456 e. The zero-order chi connectivity index (χ0) is 19.5. The van der Waals surface area contributed by atoms with Gasteiger partial charge in [-0.15, -0.1) is 0 Å². The van der Waals surface area contributed by atoms with E-state index < -0.39 is 0 Å². The van der Waals surface area contributed by atoms with Gasteiger partial charge in [0, 0.05) is 74.9 Å². The third-order valence-electron chi connectivity index (χ3n) is 5.87. The fourth-order valence-corrected chi connectivity index (χ4v) is 4.17. The number of nitrogens with one attached hydrogen (secondary N) is 2. The van der Waals surface area contributed by atoms with E-state index in [4.69, 9.17) is 4.42 Å². The average molecular weight is 389 g/mol. The summed E-state index contributed by atoms with van der Waals surface area (Å²) in [6.45, 7) is 8.46. The molecular formula is C24H28N4O. The van der Waals surface area contributed by atoms with Crippen molar-refractivity contribution in [3.63, 3.8) is 0 Å². The third kappa shape index (κ3) is 4.02. The molecular weight excluding hydrogens is 360 g/mol. The van der Waals surface area contributed by atoms with Gasteiger partial charge >= 0.3 is 0 Å². The predicted octanol–water partition coefficient (Wildman–Crippen LogP) is 3.43. The van der Waals surface area contributed by atoms with E-state index in [9.17, 15) is 0 Å². The molecule has 1 aromatic heterocycles. The van der Waals surface area contributed by atoms with Crippen molar-refractivity contribution in [3.05, 3.63) is 60.7 Å². The highest BCUT2D eigenvalue weighted by Gasteiger charge is 2.13. The number of rotatable bonds is 4. The van der Waals surface area contributed by atoms with Crippen LogP contribution in [0.4, 0.5) is 11.4 Å². The van der Waals surface area contributed by atoms with Crippen molar-refractivity contribution < 1.29 is 4.42 Å². The first-order valence-electron chi connectivity index (χ1n) is 10.6. The quantitative estimate of drug-likeness (QED) is 0.717. The van der Waals surface area contributed by atoms with E-state index in [0.717, 1.165) is 75.0 Å². The molecule has 2 saturated heterocycles. The van der Waals surface area contributed by atoms with Crippen molar-refractivity contribution >= 4 is 11.4 Å². The molecule has 3 aromatic rings. The Balaban J connectivity index is 1.30. The van der Waals surface area contributed by atoms with Crippen molar-refractivity contribution in [2.75, 3.05) is 62.2 Å². The van der Waals surface area contributed by atoms with E-state index in [1.54, 1.807) is 0 Å². The van der Waals surface area contributed by atoms with E-state index in [1.165, 1.54) is 11.4 Å². The highest BCUT2D eigenvalue weighted by atomic mass is 16.3. The number of anilines is 2. The molecule has 0 spiro atoms. The van der Waals surface area contributed by atoms with Gasteiger partial charge in [0.25, 0.3) is 0 Å². The summed E-state index contributed by atoms with van der Waals surface area (Å²) >= 11 is 0. The van der Waals surface area contributed by atoms with Crippen molar-refractivity contribution in [3.8, 4) is 22.6 Å². The first-order valence-corrected chi connectivity index (χ1v) is 10.6. The molecule has 0 atom stereocenters. The summed E-state index contributed by atoms with van der Waals surface area (Å²) in [6.07, 6.45) is 0. The van der Waals surface area contributed by atoms with E-state index in [1.807, 2.05) is 0 Å². The topological polar surface area (TPSA) is 43.7 Å². The molecule has 29 heavy (non-hydrogen) atoms. The normalized spacial score (nSPS) is 17.5. The first-order chi connectivity index (χ1) is 14.4. The Kier molecular flexibility index (Phi) is 5.24. The minimum absolute atomic E-state index is 0.915. The summed E-state index contributed by atoms with van der Waals surface area (Å²) in [6, 6.07) is 21.6. The van der Waals surface area contributed by atoms with Gasteiger partial charge in [-0.25, -0.2) is 0 Å². The largest absolute Gasteiger partial charge is 0.456 e. The molecule has 2 aliphatic rings. The van der Waals surface area contributed by atoms with Crippen LogP contribution in [-0.4, -0.2) is 52.4 Å². The molecule has 2 aromatic carbocycles. The molecule has 150 valence electrons. The van der Waals surface area contributed by atoms with Gasteiger partial charge < -0.3 is 24.9 Å². The second-order valence-corrected chi connectivity index (χ2v) is 7.73. The highest BCUT2D eigenvalue weighted by Crippen LogP contribution is 2.31. The minimum atomic E-state index is 0.915. The number of furan rings is 1. The molecule has 0 radical (unpaired) electrons. The Morgan fingerprint density at radius 2 is 0.897 bits per heavy atom. The second kappa shape index (κ2) is 8.31. The number of piperazine rings is 2. The van der Waals surface area contributed by atoms with Crippen LogP contribution in [0.15, 0.2) is 65.1 Å². The fraction of sp³-hybridized carbons (Fsp3) is 0.333. The van der Waals surface area contributed by atoms with E-state index in [0.29, 0.717) is 0 Å². The van der Waals surface area contributed by atoms with Crippen LogP contribution < -0.4 is 20.4 Å². The van der Waals surface area contributed by atoms with Crippen LogP contribution in [0.25, 0.3) is 22.6 Å². The van der Waals surface area contributed by atoms with Crippen molar-refractivity contribution in [1.29, 1.82) is 0 Å². The monoisotopic (exact) mass is 388 g/mol. The number of hydrogen-bond acceptors (Lipinski definition) is 5. The average Bonchev–Trinajstić information content (AvgIpc) is 3.31. The van der Waals surface area contributed by atoms with Gasteiger partial charge in [0.2, 0.25) is 0 Å². The van der Waals surface area contributed by atoms with Crippen LogP contribution in [0.2, 0.25) is 0 Å². The zero-order valence-electron chi connectivity index (χ0n) is 16.7. The fourth-order valence-electron chi connectivity index (χ4n) is 4.17. The van der Waals surface area contributed by atoms with Gasteiger partial charge in [-0.3, -0.25) is 0 Å². The van der Waals surface area contributed by atoms with Gasteiger partial charge in [-0.05, 0) is 60.7 Å². The van der Waals surface area contributed by atoms with Crippen LogP contribution in [0.3, 0.4) is 0 Å². The van der Waals surface area contributed by atoms with Crippen LogP contribution in [-0.2, 0) is 0 Å². The lowest BCUT2D eigenvalue weighted by Crippen LogP contribution is -2.43. The highest BCUT2D eigenvalue weighted by molar-refractivity contribution is 5.68. The Labute approximate surface area is 172 Å². The molecule has 3 heterocycles. The van der Waals surface area contributed by atoms with Gasteiger partial charge in [0.15, 0.2) is 0 Å². The lowest BCUT2D eigenvalue weighted by Gasteiger charge is -2.29.